The number of ether oxygens (including phenoxy) is 1. The van der Waals surface area contributed by atoms with Gasteiger partial charge in [-0.05, 0) is 31.5 Å². The number of halogens is 1. The second-order valence-electron chi connectivity index (χ2n) is 3.37. The molecular formula is C12H15BrO2. The minimum Gasteiger partial charge on any atom is -0.371 e. The maximum atomic E-state index is 11.7. The molecule has 82 valence electrons. The third kappa shape index (κ3) is 4.14. The molecular weight excluding hydrogens is 256 g/mol. The zero-order valence-corrected chi connectivity index (χ0v) is 10.6. The Morgan fingerprint density at radius 2 is 2.27 bits per heavy atom. The smallest absolute Gasteiger partial charge is 0.165 e. The van der Waals surface area contributed by atoms with Crippen LogP contribution in [0.1, 0.15) is 19.4 Å². The van der Waals surface area contributed by atoms with E-state index in [9.17, 15) is 4.79 Å². The van der Waals surface area contributed by atoms with E-state index in [0.717, 1.165) is 10.0 Å². The van der Waals surface area contributed by atoms with Crippen molar-refractivity contribution < 1.29 is 9.53 Å². The number of carbonyl (C=O) groups is 1. The molecule has 0 spiro atoms. The van der Waals surface area contributed by atoms with Crippen molar-refractivity contribution in [3.05, 3.63) is 34.3 Å². The molecule has 0 amide bonds. The fraction of sp³-hybridized carbons (Fsp3) is 0.417. The fourth-order valence-corrected chi connectivity index (χ4v) is 1.78. The van der Waals surface area contributed by atoms with Crippen molar-refractivity contribution in [2.45, 2.75) is 26.4 Å². The molecule has 1 unspecified atom stereocenters. The topological polar surface area (TPSA) is 26.3 Å². The fourth-order valence-electron chi connectivity index (χ4n) is 1.33. The molecule has 0 N–H and O–H groups in total. The highest BCUT2D eigenvalue weighted by molar-refractivity contribution is 9.10. The average Bonchev–Trinajstić information content (AvgIpc) is 2.18. The molecule has 15 heavy (non-hydrogen) atoms. The molecule has 0 aliphatic heterocycles. The third-order valence-corrected chi connectivity index (χ3v) is 2.63. The summed E-state index contributed by atoms with van der Waals surface area (Å²) in [6.45, 7) is 4.26. The summed E-state index contributed by atoms with van der Waals surface area (Å²) >= 11 is 3.38. The zero-order valence-electron chi connectivity index (χ0n) is 9.00. The Hall–Kier alpha value is -0.670. The van der Waals surface area contributed by atoms with Gasteiger partial charge in [0.15, 0.2) is 5.78 Å². The lowest BCUT2D eigenvalue weighted by atomic mass is 10.1. The predicted octanol–water partition coefficient (Wildman–Crippen LogP) is 2.99. The van der Waals surface area contributed by atoms with Gasteiger partial charge in [-0.1, -0.05) is 28.1 Å². The van der Waals surface area contributed by atoms with Crippen LogP contribution >= 0.6 is 15.9 Å². The van der Waals surface area contributed by atoms with Crippen LogP contribution in [-0.4, -0.2) is 18.5 Å². The maximum absolute atomic E-state index is 11.7. The Kier molecular flexibility index (Phi) is 4.99. The summed E-state index contributed by atoms with van der Waals surface area (Å²) in [6.07, 6.45) is 0.120. The third-order valence-electron chi connectivity index (χ3n) is 2.14. The van der Waals surface area contributed by atoms with Crippen molar-refractivity contribution in [2.75, 3.05) is 6.61 Å². The van der Waals surface area contributed by atoms with E-state index < -0.39 is 0 Å². The normalized spacial score (nSPS) is 12.5. The van der Waals surface area contributed by atoms with Gasteiger partial charge in [-0.25, -0.2) is 0 Å². The summed E-state index contributed by atoms with van der Waals surface area (Å²) in [7, 11) is 0. The van der Waals surface area contributed by atoms with Crippen molar-refractivity contribution in [3.8, 4) is 0 Å². The summed E-state index contributed by atoms with van der Waals surface area (Å²) in [5, 5.41) is 0. The Bertz CT molecular complexity index is 336. The highest BCUT2D eigenvalue weighted by Gasteiger charge is 2.12. The van der Waals surface area contributed by atoms with Crippen molar-refractivity contribution in [1.29, 1.82) is 0 Å². The Labute approximate surface area is 98.8 Å². The first-order chi connectivity index (χ1) is 7.13. The number of ketones is 1. The van der Waals surface area contributed by atoms with Crippen molar-refractivity contribution >= 4 is 21.7 Å². The van der Waals surface area contributed by atoms with Crippen LogP contribution in [0.25, 0.3) is 0 Å². The summed E-state index contributed by atoms with van der Waals surface area (Å²) in [6, 6.07) is 7.77. The molecule has 0 fully saturated rings. The van der Waals surface area contributed by atoms with Crippen molar-refractivity contribution in [1.82, 2.24) is 0 Å². The number of benzene rings is 1. The van der Waals surface area contributed by atoms with E-state index in [0.29, 0.717) is 13.0 Å². The van der Waals surface area contributed by atoms with Gasteiger partial charge in [0.1, 0.15) is 6.10 Å². The molecule has 0 bridgehead atoms. The molecule has 0 aromatic heterocycles. The Balaban J connectivity index is 2.58. The monoisotopic (exact) mass is 270 g/mol. The quantitative estimate of drug-likeness (QED) is 0.823. The van der Waals surface area contributed by atoms with Gasteiger partial charge in [-0.15, -0.1) is 0 Å². The van der Waals surface area contributed by atoms with Crippen LogP contribution < -0.4 is 0 Å². The second kappa shape index (κ2) is 6.03. The van der Waals surface area contributed by atoms with E-state index in [1.807, 2.05) is 31.2 Å². The van der Waals surface area contributed by atoms with Gasteiger partial charge in [0.2, 0.25) is 0 Å². The summed E-state index contributed by atoms with van der Waals surface area (Å²) in [5.41, 5.74) is 1.01. The molecule has 0 aliphatic rings. The van der Waals surface area contributed by atoms with E-state index in [2.05, 4.69) is 15.9 Å². The van der Waals surface area contributed by atoms with Gasteiger partial charge in [-0.2, -0.15) is 0 Å². The number of rotatable bonds is 5. The molecule has 2 nitrogen and oxygen atoms in total. The molecule has 0 heterocycles. The molecule has 1 atom stereocenters. The number of hydrogen-bond acceptors (Lipinski definition) is 2. The maximum Gasteiger partial charge on any atom is 0.165 e. The van der Waals surface area contributed by atoms with Crippen LogP contribution in [0, 0.1) is 0 Å². The highest BCUT2D eigenvalue weighted by atomic mass is 79.9. The lowest BCUT2D eigenvalue weighted by molar-refractivity contribution is -0.128. The highest BCUT2D eigenvalue weighted by Crippen LogP contribution is 2.13. The first-order valence-electron chi connectivity index (χ1n) is 5.02. The van der Waals surface area contributed by atoms with Crippen LogP contribution in [0.15, 0.2) is 28.7 Å². The van der Waals surface area contributed by atoms with Gasteiger partial charge < -0.3 is 4.74 Å². The van der Waals surface area contributed by atoms with Crippen LogP contribution in [0.2, 0.25) is 0 Å². The lowest BCUT2D eigenvalue weighted by Gasteiger charge is -2.10. The number of hydrogen-bond donors (Lipinski definition) is 0. The molecule has 1 rings (SSSR count). The molecule has 0 saturated carbocycles. The van der Waals surface area contributed by atoms with E-state index in [1.165, 1.54) is 0 Å². The van der Waals surface area contributed by atoms with Crippen LogP contribution in [0.4, 0.5) is 0 Å². The summed E-state index contributed by atoms with van der Waals surface area (Å²) in [5.74, 6) is 0.120. The van der Waals surface area contributed by atoms with Gasteiger partial charge in [0.25, 0.3) is 0 Å². The van der Waals surface area contributed by atoms with Crippen molar-refractivity contribution in [2.24, 2.45) is 0 Å². The van der Waals surface area contributed by atoms with E-state index >= 15 is 0 Å². The Morgan fingerprint density at radius 3 is 2.87 bits per heavy atom. The van der Waals surface area contributed by atoms with E-state index in [4.69, 9.17) is 4.74 Å². The number of Topliss-reactive ketones (excluding diaryl/α,β-unsaturated/α-hetero) is 1. The van der Waals surface area contributed by atoms with Gasteiger partial charge >= 0.3 is 0 Å². The summed E-state index contributed by atoms with van der Waals surface area (Å²) < 4.78 is 6.24. The minimum atomic E-state index is -0.311. The molecule has 1 aromatic carbocycles. The average molecular weight is 271 g/mol. The first-order valence-corrected chi connectivity index (χ1v) is 5.81. The first kappa shape index (κ1) is 12.4. The SMILES string of the molecule is CCOC(C)C(=O)Cc1cccc(Br)c1. The largest absolute Gasteiger partial charge is 0.371 e. The molecule has 1 aromatic rings. The minimum absolute atomic E-state index is 0.120. The molecule has 0 radical (unpaired) electrons. The summed E-state index contributed by atoms with van der Waals surface area (Å²) in [4.78, 5) is 11.7. The second-order valence-corrected chi connectivity index (χ2v) is 4.29. The number of carbonyl (C=O) groups excluding carboxylic acids is 1. The van der Waals surface area contributed by atoms with E-state index in [1.54, 1.807) is 6.92 Å². The van der Waals surface area contributed by atoms with Gasteiger partial charge in [0, 0.05) is 17.5 Å². The molecule has 0 aliphatic carbocycles. The standard InChI is InChI=1S/C12H15BrO2/c1-3-15-9(2)12(14)8-10-5-4-6-11(13)7-10/h4-7,9H,3,8H2,1-2H3. The van der Waals surface area contributed by atoms with Crippen molar-refractivity contribution in [3.63, 3.8) is 0 Å². The lowest BCUT2D eigenvalue weighted by Crippen LogP contribution is -2.22. The predicted molar refractivity (Wildman–Crippen MR) is 63.9 cm³/mol. The Morgan fingerprint density at radius 1 is 1.53 bits per heavy atom. The van der Waals surface area contributed by atoms with Crippen LogP contribution in [-0.2, 0) is 16.0 Å². The van der Waals surface area contributed by atoms with Gasteiger partial charge in [-0.3, -0.25) is 4.79 Å². The molecule has 3 heteroatoms. The zero-order chi connectivity index (χ0) is 11.3. The van der Waals surface area contributed by atoms with E-state index in [-0.39, 0.29) is 11.9 Å². The molecule has 0 saturated heterocycles. The van der Waals surface area contributed by atoms with Crippen LogP contribution in [0.5, 0.6) is 0 Å². The van der Waals surface area contributed by atoms with Crippen LogP contribution in [0.3, 0.4) is 0 Å². The van der Waals surface area contributed by atoms with Gasteiger partial charge in [0.05, 0.1) is 0 Å².